The van der Waals surface area contributed by atoms with Crippen molar-refractivity contribution < 1.29 is 45.2 Å². The first-order chi connectivity index (χ1) is 2.81. The van der Waals surface area contributed by atoms with Gasteiger partial charge in [-0.3, -0.25) is 0 Å². The summed E-state index contributed by atoms with van der Waals surface area (Å²) in [6.45, 7) is 0.0706. The van der Waals surface area contributed by atoms with Crippen molar-refractivity contribution in [1.82, 2.24) is 0 Å². The number of aliphatic hydroxyl groups excluding tert-OH is 1. The maximum atomic E-state index is 8.19. The van der Waals surface area contributed by atoms with Gasteiger partial charge >= 0.3 is 61.2 Å². The van der Waals surface area contributed by atoms with Gasteiger partial charge in [0, 0.05) is 0 Å². The quantitative estimate of drug-likeness (QED) is 0.707. The topological polar surface area (TPSA) is 29.5 Å². The van der Waals surface area contributed by atoms with E-state index in [1.54, 1.807) is 7.11 Å². The molecule has 0 aliphatic heterocycles. The molecule has 6 heavy (non-hydrogen) atoms. The molecule has 0 saturated carbocycles. The second-order valence-corrected chi connectivity index (χ2v) is 1.96. The molecule has 0 heterocycles. The third-order valence-electron chi connectivity index (χ3n) is 0.362. The van der Waals surface area contributed by atoms with Crippen LogP contribution in [0.2, 0.25) is 0 Å². The summed E-state index contributed by atoms with van der Waals surface area (Å²) in [6.07, 6.45) is 0. The Bertz CT molecular complexity index is 28.0. The molecule has 0 aliphatic rings. The molecule has 0 bridgehead atoms. The molecule has 0 saturated heterocycles. The van der Waals surface area contributed by atoms with Crippen molar-refractivity contribution in [3.05, 3.63) is 0 Å². The molecular formula is C3H7ErO2. The van der Waals surface area contributed by atoms with Gasteiger partial charge in [-0.1, -0.05) is 0 Å². The summed E-state index contributed by atoms with van der Waals surface area (Å²) in [4.78, 5) is 0. The number of methoxy groups -OCH3 is 1. The first kappa shape index (κ1) is 7.17. The van der Waals surface area contributed by atoms with Gasteiger partial charge < -0.3 is 0 Å². The zero-order valence-corrected chi connectivity index (χ0v) is 5.28. The molecular weight excluding hydrogens is 235 g/mol. The Balaban J connectivity index is 2.75. The van der Waals surface area contributed by atoms with Gasteiger partial charge in [0.15, 0.2) is 0 Å². The van der Waals surface area contributed by atoms with E-state index in [1.165, 1.54) is 0 Å². The van der Waals surface area contributed by atoms with Crippen LogP contribution >= 0.6 is 0 Å². The second kappa shape index (κ2) is 4.33. The third-order valence-corrected chi connectivity index (χ3v) is 1.14. The van der Waals surface area contributed by atoms with Crippen LogP contribution in [0.5, 0.6) is 0 Å². The zero-order valence-electron chi connectivity index (χ0n) is 3.43. The molecule has 0 spiro atoms. The van der Waals surface area contributed by atoms with Gasteiger partial charge in [0.1, 0.15) is 0 Å². The van der Waals surface area contributed by atoms with Crippen LogP contribution in [0.25, 0.3) is 0 Å². The molecule has 0 rings (SSSR count). The molecule has 43 valence electrons. The van der Waals surface area contributed by atoms with E-state index in [4.69, 9.17) is 5.11 Å². The Morgan fingerprint density at radius 1 is 2.00 bits per heavy atom. The van der Waals surface area contributed by atoms with E-state index >= 15 is 0 Å². The van der Waals surface area contributed by atoms with Crippen LogP contribution < -0.4 is 0 Å². The first-order valence-electron chi connectivity index (χ1n) is 1.54. The van der Waals surface area contributed by atoms with E-state index in [-0.39, 0.29) is 8.87 Å². The zero-order chi connectivity index (χ0) is 4.99. The van der Waals surface area contributed by atoms with Gasteiger partial charge in [0.05, 0.1) is 0 Å². The number of rotatable bonds is 2. The molecule has 0 amide bonds. The van der Waals surface area contributed by atoms with Crippen LogP contribution in [0.4, 0.5) is 0 Å². The van der Waals surface area contributed by atoms with E-state index in [0.29, 0.717) is 0 Å². The molecule has 2 nitrogen and oxygen atoms in total. The standard InChI is InChI=1S/C3H7O2.Er/c1-5-3-2-4;/h3-4H,2H2,1H3;. The van der Waals surface area contributed by atoms with Gasteiger partial charge in [-0.05, 0) is 0 Å². The van der Waals surface area contributed by atoms with Crippen molar-refractivity contribution in [2.45, 2.75) is 2.26 Å². The monoisotopic (exact) mass is 241 g/mol. The minimum absolute atomic E-state index is 0.0706. The third kappa shape index (κ3) is 3.36. The van der Waals surface area contributed by atoms with E-state index in [1.807, 2.05) is 0 Å². The van der Waals surface area contributed by atoms with Gasteiger partial charge in [-0.15, -0.1) is 0 Å². The Morgan fingerprint density at radius 2 is 2.50 bits per heavy atom. The molecule has 1 unspecified atom stereocenters. The van der Waals surface area contributed by atoms with Crippen LogP contribution in [0, 0.1) is 35.4 Å². The van der Waals surface area contributed by atoms with E-state index in [9.17, 15) is 0 Å². The second-order valence-electron chi connectivity index (χ2n) is 0.771. The van der Waals surface area contributed by atoms with Gasteiger partial charge in [0.25, 0.3) is 0 Å². The Hall–Kier alpha value is 1.17. The van der Waals surface area contributed by atoms with Crippen molar-refractivity contribution in [2.24, 2.45) is 0 Å². The summed E-state index contributed by atoms with van der Waals surface area (Å²) in [6, 6.07) is 0. The predicted molar refractivity (Wildman–Crippen MR) is 17.9 cm³/mol. The van der Waals surface area contributed by atoms with Crippen LogP contribution in [0.1, 0.15) is 0 Å². The van der Waals surface area contributed by atoms with Crippen molar-refractivity contribution in [3.8, 4) is 0 Å². The first-order valence-corrected chi connectivity index (χ1v) is 2.60. The molecule has 1 N–H and O–H groups in total. The Morgan fingerprint density at radius 3 is 2.50 bits per heavy atom. The normalized spacial score (nSPS) is 14.7. The van der Waals surface area contributed by atoms with Gasteiger partial charge in [0.2, 0.25) is 0 Å². The molecule has 0 fully saturated rings. The van der Waals surface area contributed by atoms with E-state index < -0.39 is 0 Å². The molecule has 0 aromatic carbocycles. The maximum absolute atomic E-state index is 8.19. The average Bonchev–Trinajstić information content (AvgIpc) is 1.65. The molecule has 0 aromatic heterocycles. The Kier molecular flexibility index (Phi) is 5.17. The van der Waals surface area contributed by atoms with Gasteiger partial charge in [-0.2, -0.15) is 0 Å². The summed E-state index contributed by atoms with van der Waals surface area (Å²) >= 11 is 2.34. The van der Waals surface area contributed by atoms with Crippen LogP contribution in [-0.2, 0) is 4.74 Å². The predicted octanol–water partition coefficient (Wildman–Crippen LogP) is -0.499. The summed E-state index contributed by atoms with van der Waals surface area (Å²) in [5.41, 5.74) is 0. The Labute approximate surface area is 60.8 Å². The summed E-state index contributed by atoms with van der Waals surface area (Å²) in [5, 5.41) is 8.19. The van der Waals surface area contributed by atoms with Crippen molar-refractivity contribution >= 4 is 0 Å². The fourth-order valence-corrected chi connectivity index (χ4v) is 0.0745. The van der Waals surface area contributed by atoms with Crippen molar-refractivity contribution in [1.29, 1.82) is 0 Å². The summed E-state index contributed by atoms with van der Waals surface area (Å²) in [5.74, 6) is 0. The summed E-state index contributed by atoms with van der Waals surface area (Å²) in [7, 11) is 1.55. The van der Waals surface area contributed by atoms with Gasteiger partial charge in [-0.25, -0.2) is 0 Å². The fourth-order valence-electron chi connectivity index (χ4n) is 0.0745. The SMILES string of the molecule is CO[CH]([Er])CO. The number of hydrogen-bond acceptors (Lipinski definition) is 2. The van der Waals surface area contributed by atoms with Crippen LogP contribution in [0.15, 0.2) is 0 Å². The van der Waals surface area contributed by atoms with Crippen molar-refractivity contribution in [2.75, 3.05) is 13.7 Å². The van der Waals surface area contributed by atoms with E-state index in [0.717, 1.165) is 0 Å². The fraction of sp³-hybridized carbons (Fsp3) is 1.00. The van der Waals surface area contributed by atoms with Crippen molar-refractivity contribution in [3.63, 3.8) is 0 Å². The van der Waals surface area contributed by atoms with E-state index in [2.05, 4.69) is 40.1 Å². The number of aliphatic hydroxyl groups is 1. The molecule has 3 heteroatoms. The number of ether oxygens (including phenoxy) is 1. The average molecular weight is 242 g/mol. The number of hydrogen-bond donors (Lipinski definition) is 1. The molecule has 0 aliphatic carbocycles. The molecule has 1 atom stereocenters. The molecule has 0 aromatic rings. The minimum atomic E-state index is -0.0926. The summed E-state index contributed by atoms with van der Waals surface area (Å²) < 4.78 is 4.52. The van der Waals surface area contributed by atoms with Crippen LogP contribution in [0.3, 0.4) is 0 Å². The van der Waals surface area contributed by atoms with Crippen LogP contribution in [-0.4, -0.2) is 21.1 Å². The molecule has 0 radical (unpaired) electrons.